The van der Waals surface area contributed by atoms with Crippen LogP contribution in [0.3, 0.4) is 0 Å². The summed E-state index contributed by atoms with van der Waals surface area (Å²) in [5.41, 5.74) is 4.42. The fourth-order valence-electron chi connectivity index (χ4n) is 8.96. The van der Waals surface area contributed by atoms with Gasteiger partial charge in [-0.2, -0.15) is 0 Å². The van der Waals surface area contributed by atoms with Gasteiger partial charge in [0.1, 0.15) is 35.3 Å². The van der Waals surface area contributed by atoms with Gasteiger partial charge in [0.2, 0.25) is 5.91 Å². The Morgan fingerprint density at radius 2 is 1.82 bits per heavy atom. The standard InChI is InChI=1S/C43H65N7O11/c1-12-32-43(9,55)38-24(4)34(47-27(7)51)22(2)16-42(8,57-20-30(19-56-38)49-58-21-29-14-13-28(17-45-29)39-46-18-33(44)48-39)37(25(5)35(52)26(6)40(54)60-32)61-41-36(53)31(50(10)11)15-23(3)59-41/h13-14,17,22-26,31-32,36-38,41,53,55H,12,15-16,18-21H2,1-11H3,(H2,44,46,48)/b47-34?,49-30+/t22-,23-,24+,25+,26-,31+,32-,36-,37-,38+,41+,42-,43-/m1/s1. The Morgan fingerprint density at radius 1 is 1.10 bits per heavy atom. The molecule has 13 atom stereocenters. The van der Waals surface area contributed by atoms with Crippen molar-refractivity contribution in [3.63, 3.8) is 0 Å². The molecule has 4 N–H and O–H groups in total. The third-order valence-electron chi connectivity index (χ3n) is 12.3. The van der Waals surface area contributed by atoms with Crippen LogP contribution in [0.1, 0.15) is 92.8 Å². The molecule has 0 aliphatic carbocycles. The zero-order valence-electron chi connectivity index (χ0n) is 37.4. The molecule has 18 heteroatoms. The number of aliphatic imine (C=N–C) groups is 3. The molecule has 5 rings (SSSR count). The Hall–Kier alpha value is -4.04. The number of cyclic esters (lactones) is 1. The molecule has 3 saturated heterocycles. The van der Waals surface area contributed by atoms with Gasteiger partial charge in [-0.15, -0.1) is 0 Å². The van der Waals surface area contributed by atoms with E-state index in [0.29, 0.717) is 41.6 Å². The SMILES string of the molecule is CC[C@H]1OC(=O)[C@H](C)C(=O)[C@H](C)[C@@H](O[C@@H]2O[C@H](C)C[C@H](N(C)C)[C@H]2O)[C@@]2(C)C[C@@H](C)C(=NC(C)=O)[C@H](C)[C@H](OC/C(=N\OCc3ccc(C4=NCC(N)=N4)cn3)CO2)[C@]1(C)O. The summed E-state index contributed by atoms with van der Waals surface area (Å²) >= 11 is 0. The maximum absolute atomic E-state index is 14.5. The first-order chi connectivity index (χ1) is 28.7. The van der Waals surface area contributed by atoms with Crippen molar-refractivity contribution < 1.29 is 53.1 Å². The summed E-state index contributed by atoms with van der Waals surface area (Å²) in [4.78, 5) is 66.5. The number of ether oxygens (including phenoxy) is 5. The molecule has 0 unspecified atom stereocenters. The van der Waals surface area contributed by atoms with E-state index in [-0.39, 0.29) is 50.5 Å². The zero-order valence-corrected chi connectivity index (χ0v) is 37.4. The highest BCUT2D eigenvalue weighted by Gasteiger charge is 2.53. The average Bonchev–Trinajstić information content (AvgIpc) is 3.64. The minimum atomic E-state index is -1.87. The molecule has 1 aromatic rings. The van der Waals surface area contributed by atoms with Gasteiger partial charge < -0.3 is 49.4 Å². The predicted octanol–water partition coefficient (Wildman–Crippen LogP) is 2.63. The number of hydrogen-bond acceptors (Lipinski definition) is 17. The van der Waals surface area contributed by atoms with Crippen LogP contribution in [-0.4, -0.2) is 149 Å². The van der Waals surface area contributed by atoms with Crippen molar-refractivity contribution in [2.45, 2.75) is 142 Å². The normalized spacial score (nSPS) is 38.3. The fourth-order valence-corrected chi connectivity index (χ4v) is 8.96. The van der Waals surface area contributed by atoms with Crippen LogP contribution in [0.4, 0.5) is 0 Å². The summed E-state index contributed by atoms with van der Waals surface area (Å²) in [6.07, 6.45) is -3.61. The number of carbonyl (C=O) groups excluding carboxylic acids is 3. The molecule has 0 aromatic carbocycles. The van der Waals surface area contributed by atoms with Crippen LogP contribution in [0.2, 0.25) is 0 Å². The molecular weight excluding hydrogens is 791 g/mol. The molecule has 3 fully saturated rings. The molecule has 0 spiro atoms. The Labute approximate surface area is 358 Å². The van der Waals surface area contributed by atoms with Crippen molar-refractivity contribution in [2.24, 2.45) is 49.5 Å². The predicted molar refractivity (Wildman–Crippen MR) is 226 cm³/mol. The number of aliphatic hydroxyl groups excluding tert-OH is 1. The van der Waals surface area contributed by atoms with Crippen LogP contribution < -0.4 is 5.73 Å². The van der Waals surface area contributed by atoms with E-state index in [0.717, 1.165) is 0 Å². The number of oxime groups is 1. The van der Waals surface area contributed by atoms with Crippen molar-refractivity contribution in [1.29, 1.82) is 0 Å². The van der Waals surface area contributed by atoms with Crippen LogP contribution >= 0.6 is 0 Å². The second kappa shape index (κ2) is 20.0. The number of aromatic nitrogens is 1. The maximum atomic E-state index is 14.5. The highest BCUT2D eigenvalue weighted by Crippen LogP contribution is 2.40. The van der Waals surface area contributed by atoms with Crippen LogP contribution in [0.5, 0.6) is 0 Å². The molecule has 4 aliphatic heterocycles. The van der Waals surface area contributed by atoms with E-state index in [4.69, 9.17) is 34.3 Å². The van der Waals surface area contributed by atoms with Gasteiger partial charge in [-0.25, -0.2) is 9.98 Å². The van der Waals surface area contributed by atoms with Gasteiger partial charge in [-0.3, -0.25) is 24.4 Å². The number of nitrogens with two attached hydrogens (primary N) is 1. The number of rotatable bonds is 8. The van der Waals surface area contributed by atoms with E-state index in [1.807, 2.05) is 32.8 Å². The number of amides is 1. The fraction of sp³-hybridized carbons (Fsp3) is 0.721. The second-order valence-electron chi connectivity index (χ2n) is 17.6. The van der Waals surface area contributed by atoms with E-state index >= 15 is 0 Å². The molecule has 5 heterocycles. The van der Waals surface area contributed by atoms with E-state index in [1.165, 1.54) is 20.8 Å². The molecule has 61 heavy (non-hydrogen) atoms. The molecule has 4 aliphatic rings. The first kappa shape index (κ1) is 48.0. The lowest BCUT2D eigenvalue weighted by Crippen LogP contribution is -2.60. The molecule has 2 bridgehead atoms. The van der Waals surface area contributed by atoms with Gasteiger partial charge in [-0.05, 0) is 79.1 Å². The summed E-state index contributed by atoms with van der Waals surface area (Å²) in [5.74, 6) is -4.48. The second-order valence-corrected chi connectivity index (χ2v) is 17.6. The Balaban J connectivity index is 1.62. The molecule has 1 aromatic heterocycles. The van der Waals surface area contributed by atoms with Crippen LogP contribution in [-0.2, 0) is 49.5 Å². The number of carbonyl (C=O) groups is 3. The number of nitrogens with zero attached hydrogens (tertiary/aromatic N) is 6. The number of ketones is 1. The van der Waals surface area contributed by atoms with Crippen LogP contribution in [0, 0.1) is 23.7 Å². The quantitative estimate of drug-likeness (QED) is 0.194. The van der Waals surface area contributed by atoms with E-state index in [1.54, 1.807) is 46.0 Å². The largest absolute Gasteiger partial charge is 0.459 e. The van der Waals surface area contributed by atoms with Crippen LogP contribution in [0.25, 0.3) is 0 Å². The Morgan fingerprint density at radius 3 is 2.43 bits per heavy atom. The highest BCUT2D eigenvalue weighted by molar-refractivity contribution is 6.10. The number of amidine groups is 2. The molecule has 338 valence electrons. The van der Waals surface area contributed by atoms with Crippen molar-refractivity contribution in [3.05, 3.63) is 29.6 Å². The summed E-state index contributed by atoms with van der Waals surface area (Å²) in [6, 6.07) is 3.23. The molecule has 0 saturated carbocycles. The lowest BCUT2D eigenvalue weighted by atomic mass is 9.73. The molecular formula is C43H65N7O11. The third kappa shape index (κ3) is 11.1. The van der Waals surface area contributed by atoms with E-state index < -0.39 is 83.2 Å². The van der Waals surface area contributed by atoms with Gasteiger partial charge >= 0.3 is 5.97 Å². The smallest absolute Gasteiger partial charge is 0.316 e. The average molecular weight is 856 g/mol. The van der Waals surface area contributed by atoms with Crippen molar-refractivity contribution in [3.8, 4) is 0 Å². The van der Waals surface area contributed by atoms with E-state index in [2.05, 4.69) is 25.1 Å². The monoisotopic (exact) mass is 855 g/mol. The third-order valence-corrected chi connectivity index (χ3v) is 12.3. The number of likely N-dealkylation sites (N-methyl/N-ethyl adjacent to an activating group) is 1. The minimum absolute atomic E-state index is 0.0336. The lowest BCUT2D eigenvalue weighted by molar-refractivity contribution is -0.296. The van der Waals surface area contributed by atoms with Gasteiger partial charge in [0.25, 0.3) is 0 Å². The van der Waals surface area contributed by atoms with Gasteiger partial charge in [0, 0.05) is 42.3 Å². The first-order valence-corrected chi connectivity index (χ1v) is 21.1. The first-order valence-electron chi connectivity index (χ1n) is 21.1. The van der Waals surface area contributed by atoms with Crippen molar-refractivity contribution in [1.82, 2.24) is 9.88 Å². The minimum Gasteiger partial charge on any atom is -0.459 e. The topological polar surface area (TPSA) is 239 Å². The van der Waals surface area contributed by atoms with Gasteiger partial charge in [0.15, 0.2) is 24.5 Å². The lowest BCUT2D eigenvalue weighted by Gasteiger charge is -2.47. The molecule has 1 amide bonds. The van der Waals surface area contributed by atoms with E-state index in [9.17, 15) is 24.6 Å². The summed E-state index contributed by atoms with van der Waals surface area (Å²) in [6.45, 7) is 14.9. The Bertz CT molecular complexity index is 1870. The van der Waals surface area contributed by atoms with Crippen LogP contribution in [0.15, 0.2) is 38.5 Å². The number of Topliss-reactive ketones (excluding diaryl/α,β-unsaturated/α-hetero) is 1. The summed E-state index contributed by atoms with van der Waals surface area (Å²) in [5, 5.41) is 28.5. The van der Waals surface area contributed by atoms with Gasteiger partial charge in [0.05, 0.1) is 49.4 Å². The summed E-state index contributed by atoms with van der Waals surface area (Å²) < 4.78 is 32.4. The number of hydrogen-bond donors (Lipinski definition) is 3. The maximum Gasteiger partial charge on any atom is 0.316 e. The van der Waals surface area contributed by atoms with Crippen molar-refractivity contribution >= 4 is 40.8 Å². The Kier molecular flexibility index (Phi) is 15.7. The van der Waals surface area contributed by atoms with Gasteiger partial charge in [-0.1, -0.05) is 32.9 Å². The molecule has 0 radical (unpaired) electrons. The molecule has 18 nitrogen and oxygen atoms in total. The number of fused-ring (bicyclic) bond motifs is 5. The summed E-state index contributed by atoms with van der Waals surface area (Å²) in [7, 11) is 3.72. The number of pyridine rings is 1. The zero-order chi connectivity index (χ0) is 45.0. The highest BCUT2D eigenvalue weighted by atomic mass is 16.7. The van der Waals surface area contributed by atoms with Crippen molar-refractivity contribution in [2.75, 3.05) is 33.9 Å². The number of aliphatic hydroxyl groups is 2. The number of esters is 1.